The highest BCUT2D eigenvalue weighted by Gasteiger charge is 2.14. The molecule has 1 N–H and O–H groups in total. The van der Waals surface area contributed by atoms with Gasteiger partial charge in [-0.25, -0.2) is 4.98 Å². The first-order chi connectivity index (χ1) is 8.56. The van der Waals surface area contributed by atoms with E-state index in [4.69, 9.17) is 11.6 Å². The van der Waals surface area contributed by atoms with Crippen LogP contribution in [0.15, 0.2) is 5.38 Å². The normalized spacial score (nSPS) is 10.2. The zero-order valence-electron chi connectivity index (χ0n) is 10.4. The fourth-order valence-corrected chi connectivity index (χ4v) is 2.33. The molecule has 1 aromatic heterocycles. The van der Waals surface area contributed by atoms with Gasteiger partial charge in [0.1, 0.15) is 5.01 Å². The summed E-state index contributed by atoms with van der Waals surface area (Å²) in [5.74, 6) is 0.0602. The molecule has 0 aromatic carbocycles. The summed E-state index contributed by atoms with van der Waals surface area (Å²) in [6, 6.07) is 0. The van der Waals surface area contributed by atoms with Crippen LogP contribution in [0.25, 0.3) is 0 Å². The van der Waals surface area contributed by atoms with Crippen LogP contribution in [0.5, 0.6) is 0 Å². The Morgan fingerprint density at radius 2 is 2.28 bits per heavy atom. The van der Waals surface area contributed by atoms with Gasteiger partial charge in [0, 0.05) is 19.0 Å². The SMILES string of the molecule is CCNC(=O)CN(C)C(=O)Cc1nc(CCl)cs1. The highest BCUT2D eigenvalue weighted by molar-refractivity contribution is 7.09. The van der Waals surface area contributed by atoms with Crippen LogP contribution in [-0.4, -0.2) is 41.8 Å². The van der Waals surface area contributed by atoms with Crippen molar-refractivity contribution in [2.45, 2.75) is 19.2 Å². The van der Waals surface area contributed by atoms with Gasteiger partial charge in [-0.1, -0.05) is 0 Å². The molecule has 0 aliphatic heterocycles. The summed E-state index contributed by atoms with van der Waals surface area (Å²) in [6.07, 6.45) is 0.206. The van der Waals surface area contributed by atoms with Crippen LogP contribution in [0.1, 0.15) is 17.6 Å². The van der Waals surface area contributed by atoms with E-state index in [0.717, 1.165) is 10.7 Å². The van der Waals surface area contributed by atoms with Gasteiger partial charge < -0.3 is 10.2 Å². The van der Waals surface area contributed by atoms with Crippen molar-refractivity contribution in [3.05, 3.63) is 16.1 Å². The molecule has 5 nitrogen and oxygen atoms in total. The van der Waals surface area contributed by atoms with Crippen molar-refractivity contribution >= 4 is 34.8 Å². The van der Waals surface area contributed by atoms with Crippen molar-refractivity contribution in [3.8, 4) is 0 Å². The summed E-state index contributed by atoms with van der Waals surface area (Å²) in [7, 11) is 1.60. The number of carbonyl (C=O) groups is 2. The molecule has 0 radical (unpaired) electrons. The van der Waals surface area contributed by atoms with E-state index >= 15 is 0 Å². The van der Waals surface area contributed by atoms with Crippen molar-refractivity contribution in [1.82, 2.24) is 15.2 Å². The summed E-state index contributed by atoms with van der Waals surface area (Å²) in [5.41, 5.74) is 0.774. The number of amides is 2. The predicted octanol–water partition coefficient (Wildman–Crippen LogP) is 1.02. The first-order valence-electron chi connectivity index (χ1n) is 5.56. The summed E-state index contributed by atoms with van der Waals surface area (Å²) in [4.78, 5) is 28.8. The molecule has 1 heterocycles. The van der Waals surface area contributed by atoms with Crippen LogP contribution in [0.3, 0.4) is 0 Å². The number of carbonyl (C=O) groups excluding carboxylic acids is 2. The van der Waals surface area contributed by atoms with E-state index in [0.29, 0.717) is 12.4 Å². The Balaban J connectivity index is 2.46. The van der Waals surface area contributed by atoms with E-state index in [1.54, 1.807) is 7.05 Å². The minimum absolute atomic E-state index is 0.0699. The van der Waals surface area contributed by atoms with Gasteiger partial charge in [-0.15, -0.1) is 22.9 Å². The number of nitrogens with one attached hydrogen (secondary N) is 1. The molecule has 0 bridgehead atoms. The second-order valence-electron chi connectivity index (χ2n) is 3.75. The van der Waals surface area contributed by atoms with E-state index in [1.807, 2.05) is 12.3 Å². The van der Waals surface area contributed by atoms with E-state index in [2.05, 4.69) is 10.3 Å². The maximum atomic E-state index is 11.8. The molecule has 1 aromatic rings. The molecule has 18 heavy (non-hydrogen) atoms. The van der Waals surface area contributed by atoms with Crippen molar-refractivity contribution in [2.75, 3.05) is 20.1 Å². The van der Waals surface area contributed by atoms with Crippen LogP contribution in [0.2, 0.25) is 0 Å². The van der Waals surface area contributed by atoms with Crippen molar-refractivity contribution in [3.63, 3.8) is 0 Å². The van der Waals surface area contributed by atoms with Gasteiger partial charge in [-0.2, -0.15) is 0 Å². The molecule has 0 unspecified atom stereocenters. The molecular formula is C11H16ClN3O2S. The van der Waals surface area contributed by atoms with Crippen molar-refractivity contribution in [1.29, 1.82) is 0 Å². The number of thiazole rings is 1. The first-order valence-corrected chi connectivity index (χ1v) is 6.98. The Kier molecular flexibility index (Phi) is 6.07. The van der Waals surface area contributed by atoms with E-state index < -0.39 is 0 Å². The molecule has 0 atom stereocenters. The maximum absolute atomic E-state index is 11.8. The van der Waals surface area contributed by atoms with Crippen molar-refractivity contribution in [2.24, 2.45) is 0 Å². The van der Waals surface area contributed by atoms with Gasteiger partial charge in [-0.05, 0) is 6.92 Å². The highest BCUT2D eigenvalue weighted by atomic mass is 35.5. The van der Waals surface area contributed by atoms with Crippen LogP contribution in [-0.2, 0) is 21.9 Å². The second kappa shape index (κ2) is 7.33. The monoisotopic (exact) mass is 289 g/mol. The number of alkyl halides is 1. The van der Waals surface area contributed by atoms with E-state index in [9.17, 15) is 9.59 Å². The lowest BCUT2D eigenvalue weighted by atomic mass is 10.3. The van der Waals surface area contributed by atoms with Crippen LogP contribution < -0.4 is 5.32 Å². The Morgan fingerprint density at radius 3 is 2.83 bits per heavy atom. The molecule has 0 spiro atoms. The molecule has 0 aliphatic carbocycles. The van der Waals surface area contributed by atoms with Crippen LogP contribution in [0.4, 0.5) is 0 Å². The van der Waals surface area contributed by atoms with E-state index in [-0.39, 0.29) is 24.8 Å². The molecule has 0 saturated carbocycles. The van der Waals surface area contributed by atoms with Gasteiger partial charge in [0.15, 0.2) is 0 Å². The fraction of sp³-hybridized carbons (Fsp3) is 0.545. The molecule has 0 aliphatic rings. The molecule has 1 rings (SSSR count). The fourth-order valence-electron chi connectivity index (χ4n) is 1.31. The number of nitrogens with zero attached hydrogens (tertiary/aromatic N) is 2. The summed E-state index contributed by atoms with van der Waals surface area (Å²) in [6.45, 7) is 2.47. The Bertz CT molecular complexity index is 422. The molecular weight excluding hydrogens is 274 g/mol. The topological polar surface area (TPSA) is 62.3 Å². The number of hydrogen-bond acceptors (Lipinski definition) is 4. The minimum atomic E-state index is -0.158. The quantitative estimate of drug-likeness (QED) is 0.795. The minimum Gasteiger partial charge on any atom is -0.355 e. The molecule has 2 amide bonds. The van der Waals surface area contributed by atoms with Gasteiger partial charge in [0.25, 0.3) is 0 Å². The zero-order valence-corrected chi connectivity index (χ0v) is 12.0. The largest absolute Gasteiger partial charge is 0.355 e. The van der Waals surface area contributed by atoms with Gasteiger partial charge in [0.05, 0.1) is 24.5 Å². The van der Waals surface area contributed by atoms with Gasteiger partial charge >= 0.3 is 0 Å². The summed E-state index contributed by atoms with van der Waals surface area (Å²) < 4.78 is 0. The smallest absolute Gasteiger partial charge is 0.239 e. The number of hydrogen-bond donors (Lipinski definition) is 1. The van der Waals surface area contributed by atoms with Crippen LogP contribution >= 0.6 is 22.9 Å². The third-order valence-corrected chi connectivity index (χ3v) is 3.39. The standard InChI is InChI=1S/C11H16ClN3O2S/c1-3-13-9(16)6-15(2)11(17)4-10-14-8(5-12)7-18-10/h7H,3-6H2,1-2H3,(H,13,16). The lowest BCUT2D eigenvalue weighted by molar-refractivity contribution is -0.134. The molecule has 0 saturated heterocycles. The Hall–Kier alpha value is -1.14. The third kappa shape index (κ3) is 4.62. The number of rotatable bonds is 6. The Labute approximate surface area is 115 Å². The highest BCUT2D eigenvalue weighted by Crippen LogP contribution is 2.12. The lowest BCUT2D eigenvalue weighted by Gasteiger charge is -2.15. The zero-order chi connectivity index (χ0) is 13.5. The van der Waals surface area contributed by atoms with E-state index in [1.165, 1.54) is 16.2 Å². The molecule has 0 fully saturated rings. The van der Waals surface area contributed by atoms with Crippen molar-refractivity contribution < 1.29 is 9.59 Å². The molecule has 100 valence electrons. The number of halogens is 1. The van der Waals surface area contributed by atoms with Crippen LogP contribution in [0, 0.1) is 0 Å². The second-order valence-corrected chi connectivity index (χ2v) is 4.96. The van der Waals surface area contributed by atoms with Gasteiger partial charge in [0.2, 0.25) is 11.8 Å². The number of aromatic nitrogens is 1. The van der Waals surface area contributed by atoms with Gasteiger partial charge in [-0.3, -0.25) is 9.59 Å². The summed E-state index contributed by atoms with van der Waals surface area (Å²) in [5, 5.41) is 5.20. The average Bonchev–Trinajstić information content (AvgIpc) is 2.76. The maximum Gasteiger partial charge on any atom is 0.239 e. The molecule has 7 heteroatoms. The third-order valence-electron chi connectivity index (χ3n) is 2.22. The summed E-state index contributed by atoms with van der Waals surface area (Å²) >= 11 is 7.04. The Morgan fingerprint density at radius 1 is 1.56 bits per heavy atom. The average molecular weight is 290 g/mol. The lowest BCUT2D eigenvalue weighted by Crippen LogP contribution is -2.38. The number of likely N-dealkylation sites (N-methyl/N-ethyl adjacent to an activating group) is 2. The predicted molar refractivity (Wildman–Crippen MR) is 71.7 cm³/mol. The first kappa shape index (κ1) is 14.9.